The van der Waals surface area contributed by atoms with E-state index in [1.54, 1.807) is 25.1 Å². The molecule has 0 saturated carbocycles. The summed E-state index contributed by atoms with van der Waals surface area (Å²) < 4.78 is 29.6. The molecule has 0 aliphatic carbocycles. The van der Waals surface area contributed by atoms with E-state index in [0.717, 1.165) is 0 Å². The van der Waals surface area contributed by atoms with Gasteiger partial charge in [-0.25, -0.2) is 4.39 Å². The van der Waals surface area contributed by atoms with Crippen LogP contribution in [0.3, 0.4) is 0 Å². The Morgan fingerprint density at radius 1 is 1.16 bits per heavy atom. The number of methoxy groups -OCH3 is 2. The van der Waals surface area contributed by atoms with Gasteiger partial charge in [0.25, 0.3) is 5.91 Å². The lowest BCUT2D eigenvalue weighted by Gasteiger charge is -2.19. The topological polar surface area (TPSA) is 56.8 Å². The van der Waals surface area contributed by atoms with E-state index in [9.17, 15) is 9.18 Å². The van der Waals surface area contributed by atoms with Gasteiger partial charge in [0.1, 0.15) is 11.5 Å². The Kier molecular flexibility index (Phi) is 6.47. The van der Waals surface area contributed by atoms with Crippen LogP contribution >= 0.6 is 11.6 Å². The molecule has 0 spiro atoms. The van der Waals surface area contributed by atoms with Crippen LogP contribution < -0.4 is 19.5 Å². The number of ether oxygens (including phenoxy) is 3. The van der Waals surface area contributed by atoms with Crippen molar-refractivity contribution >= 4 is 23.2 Å². The number of hydrogen-bond donors (Lipinski definition) is 1. The van der Waals surface area contributed by atoms with Crippen molar-refractivity contribution in [3.05, 3.63) is 47.2 Å². The molecule has 0 saturated heterocycles. The number of hydrogen-bond acceptors (Lipinski definition) is 4. The molecule has 0 radical (unpaired) electrons. The van der Waals surface area contributed by atoms with Crippen LogP contribution in [0.5, 0.6) is 17.2 Å². The van der Waals surface area contributed by atoms with Crippen molar-refractivity contribution in [3.8, 4) is 17.2 Å². The van der Waals surface area contributed by atoms with Crippen LogP contribution in [0.2, 0.25) is 5.02 Å². The van der Waals surface area contributed by atoms with Gasteiger partial charge in [-0.2, -0.15) is 0 Å². The highest BCUT2D eigenvalue weighted by Crippen LogP contribution is 2.36. The molecule has 0 heterocycles. The van der Waals surface area contributed by atoms with E-state index in [-0.39, 0.29) is 5.75 Å². The summed E-state index contributed by atoms with van der Waals surface area (Å²) in [6, 6.07) is 9.01. The lowest BCUT2D eigenvalue weighted by Crippen LogP contribution is -2.32. The Labute approximate surface area is 150 Å². The molecule has 2 aromatic carbocycles. The normalized spacial score (nSPS) is 11.6. The van der Waals surface area contributed by atoms with Crippen molar-refractivity contribution < 1.29 is 23.4 Å². The van der Waals surface area contributed by atoms with E-state index < -0.39 is 17.8 Å². The van der Waals surface area contributed by atoms with Gasteiger partial charge in [0.15, 0.2) is 17.7 Å². The molecular formula is C18H19ClFNO4. The summed E-state index contributed by atoms with van der Waals surface area (Å²) in [5.41, 5.74) is 0.379. The second-order valence-electron chi connectivity index (χ2n) is 5.12. The summed E-state index contributed by atoms with van der Waals surface area (Å²) >= 11 is 6.05. The van der Waals surface area contributed by atoms with Gasteiger partial charge in [-0.1, -0.05) is 30.7 Å². The first kappa shape index (κ1) is 18.9. The van der Waals surface area contributed by atoms with Gasteiger partial charge in [0.05, 0.1) is 24.9 Å². The number of benzene rings is 2. The quantitative estimate of drug-likeness (QED) is 0.793. The SMILES string of the molecule is CCC(Oc1ccccc1F)C(=O)Nc1cc(OC)c(Cl)cc1OC. The number of para-hydroxylation sites is 1. The van der Waals surface area contributed by atoms with Gasteiger partial charge in [-0.15, -0.1) is 0 Å². The van der Waals surface area contributed by atoms with Gasteiger partial charge in [0.2, 0.25) is 0 Å². The molecule has 1 N–H and O–H groups in total. The van der Waals surface area contributed by atoms with E-state index >= 15 is 0 Å². The number of carbonyl (C=O) groups excluding carboxylic acids is 1. The molecule has 0 aliphatic rings. The number of amides is 1. The molecule has 7 heteroatoms. The highest BCUT2D eigenvalue weighted by Gasteiger charge is 2.22. The number of anilines is 1. The molecule has 1 atom stereocenters. The predicted octanol–water partition coefficient (Wildman–Crippen LogP) is 4.29. The van der Waals surface area contributed by atoms with E-state index in [2.05, 4.69) is 5.32 Å². The van der Waals surface area contributed by atoms with E-state index in [0.29, 0.717) is 28.6 Å². The maximum Gasteiger partial charge on any atom is 0.265 e. The average Bonchev–Trinajstić information content (AvgIpc) is 2.61. The van der Waals surface area contributed by atoms with Gasteiger partial charge in [-0.05, 0) is 18.6 Å². The number of nitrogens with one attached hydrogen (secondary N) is 1. The fourth-order valence-electron chi connectivity index (χ4n) is 2.19. The standard InChI is InChI=1S/C18H19ClFNO4/c1-4-14(25-15-8-6-5-7-12(15)20)18(22)21-13-10-16(23-2)11(19)9-17(13)24-3/h5-10,14H,4H2,1-3H3,(H,21,22). The van der Waals surface area contributed by atoms with Crippen LogP contribution in [0.25, 0.3) is 0 Å². The lowest BCUT2D eigenvalue weighted by molar-refractivity contribution is -0.122. The monoisotopic (exact) mass is 367 g/mol. The van der Waals surface area contributed by atoms with Crippen molar-refractivity contribution in [2.75, 3.05) is 19.5 Å². The van der Waals surface area contributed by atoms with E-state index in [1.807, 2.05) is 0 Å². The summed E-state index contributed by atoms with van der Waals surface area (Å²) in [5, 5.41) is 3.06. The average molecular weight is 368 g/mol. The second-order valence-corrected chi connectivity index (χ2v) is 5.53. The number of halogens is 2. The fourth-order valence-corrected chi connectivity index (χ4v) is 2.42. The molecule has 25 heavy (non-hydrogen) atoms. The first-order chi connectivity index (χ1) is 12.0. The molecule has 1 amide bonds. The maximum atomic E-state index is 13.7. The summed E-state index contributed by atoms with van der Waals surface area (Å²) in [6.45, 7) is 1.77. The molecule has 0 bridgehead atoms. The van der Waals surface area contributed by atoms with Crippen LogP contribution in [-0.2, 0) is 4.79 Å². The van der Waals surface area contributed by atoms with Crippen LogP contribution in [0, 0.1) is 5.82 Å². The minimum Gasteiger partial charge on any atom is -0.495 e. The van der Waals surface area contributed by atoms with Crippen molar-refractivity contribution in [2.45, 2.75) is 19.4 Å². The molecule has 134 valence electrons. The van der Waals surface area contributed by atoms with Gasteiger partial charge in [-0.3, -0.25) is 4.79 Å². The Morgan fingerprint density at radius 3 is 2.44 bits per heavy atom. The molecule has 2 rings (SSSR count). The van der Waals surface area contributed by atoms with E-state index in [4.69, 9.17) is 25.8 Å². The predicted molar refractivity (Wildman–Crippen MR) is 94.3 cm³/mol. The molecule has 1 unspecified atom stereocenters. The maximum absolute atomic E-state index is 13.7. The van der Waals surface area contributed by atoms with Crippen molar-refractivity contribution in [1.29, 1.82) is 0 Å². The number of rotatable bonds is 7. The van der Waals surface area contributed by atoms with Crippen molar-refractivity contribution in [1.82, 2.24) is 0 Å². The lowest BCUT2D eigenvalue weighted by atomic mass is 10.2. The smallest absolute Gasteiger partial charge is 0.265 e. The largest absolute Gasteiger partial charge is 0.495 e. The second kappa shape index (κ2) is 8.58. The third-order valence-corrected chi connectivity index (χ3v) is 3.80. The van der Waals surface area contributed by atoms with Crippen LogP contribution in [-0.4, -0.2) is 26.2 Å². The van der Waals surface area contributed by atoms with Crippen LogP contribution in [0.4, 0.5) is 10.1 Å². The summed E-state index contributed by atoms with van der Waals surface area (Å²) in [7, 11) is 2.93. The van der Waals surface area contributed by atoms with Gasteiger partial charge in [0, 0.05) is 12.1 Å². The molecule has 2 aromatic rings. The Hall–Kier alpha value is -2.47. The van der Waals surface area contributed by atoms with Crippen LogP contribution in [0.1, 0.15) is 13.3 Å². The highest BCUT2D eigenvalue weighted by atomic mass is 35.5. The zero-order chi connectivity index (χ0) is 18.4. The highest BCUT2D eigenvalue weighted by molar-refractivity contribution is 6.32. The third-order valence-electron chi connectivity index (χ3n) is 3.50. The molecule has 0 aromatic heterocycles. The summed E-state index contributed by atoms with van der Waals surface area (Å²) in [6.07, 6.45) is -0.518. The Balaban J connectivity index is 2.20. The summed E-state index contributed by atoms with van der Waals surface area (Å²) in [4.78, 5) is 12.5. The molecular weight excluding hydrogens is 349 g/mol. The van der Waals surface area contributed by atoms with Crippen LogP contribution in [0.15, 0.2) is 36.4 Å². The minimum absolute atomic E-state index is 0.0187. The molecule has 5 nitrogen and oxygen atoms in total. The molecule has 0 fully saturated rings. The minimum atomic E-state index is -0.872. The van der Waals surface area contributed by atoms with Crippen molar-refractivity contribution in [3.63, 3.8) is 0 Å². The Bertz CT molecular complexity index is 754. The summed E-state index contributed by atoms with van der Waals surface area (Å²) in [5.74, 6) is -0.182. The Morgan fingerprint density at radius 2 is 1.84 bits per heavy atom. The van der Waals surface area contributed by atoms with Crippen molar-refractivity contribution in [2.24, 2.45) is 0 Å². The number of carbonyl (C=O) groups is 1. The molecule has 0 aliphatic heterocycles. The van der Waals surface area contributed by atoms with Gasteiger partial charge < -0.3 is 19.5 Å². The third kappa shape index (κ3) is 4.54. The van der Waals surface area contributed by atoms with E-state index in [1.165, 1.54) is 32.4 Å². The first-order valence-corrected chi connectivity index (χ1v) is 8.01. The zero-order valence-electron chi connectivity index (χ0n) is 14.1. The fraction of sp³-hybridized carbons (Fsp3) is 0.278. The zero-order valence-corrected chi connectivity index (χ0v) is 14.9. The first-order valence-electron chi connectivity index (χ1n) is 7.63. The van der Waals surface area contributed by atoms with Gasteiger partial charge >= 0.3 is 0 Å².